The van der Waals surface area contributed by atoms with E-state index in [2.05, 4.69) is 18.1 Å². The molecule has 3 heteroatoms. The van der Waals surface area contributed by atoms with Crippen molar-refractivity contribution in [1.82, 2.24) is 0 Å². The summed E-state index contributed by atoms with van der Waals surface area (Å²) in [5.41, 5.74) is 0. The zero-order valence-electron chi connectivity index (χ0n) is 6.96. The quantitative estimate of drug-likeness (QED) is 0.525. The molecule has 2 nitrogen and oxygen atoms in total. The van der Waals surface area contributed by atoms with Gasteiger partial charge in [-0.15, -0.1) is 0 Å². The maximum atomic E-state index is 10.1. The van der Waals surface area contributed by atoms with Crippen molar-refractivity contribution in [1.29, 1.82) is 0 Å². The van der Waals surface area contributed by atoms with Crippen LogP contribution >= 0.6 is 0 Å². The molecule has 64 valence electrons. The van der Waals surface area contributed by atoms with Crippen molar-refractivity contribution in [3.05, 3.63) is 0 Å². The molecule has 0 aromatic carbocycles. The highest BCUT2D eigenvalue weighted by atomic mass is 32.2. The van der Waals surface area contributed by atoms with E-state index in [4.69, 9.17) is 4.55 Å². The molecule has 0 aliphatic heterocycles. The van der Waals surface area contributed by atoms with Gasteiger partial charge in [-0.25, -0.2) is 4.21 Å². The predicted octanol–water partition coefficient (Wildman–Crippen LogP) is 2.00. The third-order valence-corrected chi connectivity index (χ3v) is 1.68. The number of unbranched alkanes of at least 4 members (excludes halogenated alkanes) is 1. The largest absolute Gasteiger partial charge is 0.296 e. The first-order valence-electron chi connectivity index (χ1n) is 3.78. The van der Waals surface area contributed by atoms with Crippen LogP contribution in [0.5, 0.6) is 0 Å². The van der Waals surface area contributed by atoms with Crippen LogP contribution in [0.25, 0.3) is 0 Å². The van der Waals surface area contributed by atoms with Crippen molar-refractivity contribution in [3.63, 3.8) is 0 Å². The lowest BCUT2D eigenvalue weighted by molar-refractivity contribution is 0.575. The Hall–Kier alpha value is -0.330. The molecular formula is C8H14O2S. The predicted molar refractivity (Wildman–Crippen MR) is 47.2 cm³/mol. The van der Waals surface area contributed by atoms with Crippen LogP contribution in [0.3, 0.4) is 0 Å². The van der Waals surface area contributed by atoms with E-state index < -0.39 is 11.1 Å². The normalized spacial score (nSPS) is 14.8. The van der Waals surface area contributed by atoms with E-state index >= 15 is 0 Å². The van der Waals surface area contributed by atoms with E-state index in [-0.39, 0.29) is 5.92 Å². The Bertz CT molecular complexity index is 178. The number of hydrogen-bond acceptors (Lipinski definition) is 1. The van der Waals surface area contributed by atoms with Crippen LogP contribution in [0, 0.1) is 17.1 Å². The van der Waals surface area contributed by atoms with E-state index in [1.807, 2.05) is 6.92 Å². The maximum Gasteiger partial charge on any atom is 0.233 e. The van der Waals surface area contributed by atoms with E-state index in [1.165, 1.54) is 0 Å². The second-order valence-electron chi connectivity index (χ2n) is 2.54. The Morgan fingerprint density at radius 3 is 2.73 bits per heavy atom. The summed E-state index contributed by atoms with van der Waals surface area (Å²) in [4.78, 5) is 0. The Balaban J connectivity index is 3.61. The van der Waals surface area contributed by atoms with Gasteiger partial charge in [0.1, 0.15) is 0 Å². The summed E-state index contributed by atoms with van der Waals surface area (Å²) in [6.07, 6.45) is 3.29. The molecule has 2 unspecified atom stereocenters. The molecule has 0 spiro atoms. The van der Waals surface area contributed by atoms with E-state index in [0.717, 1.165) is 19.3 Å². The molecule has 0 aromatic rings. The van der Waals surface area contributed by atoms with Gasteiger partial charge in [-0.2, -0.15) is 0 Å². The molecule has 0 saturated carbocycles. The van der Waals surface area contributed by atoms with Crippen LogP contribution in [0.1, 0.15) is 33.1 Å². The van der Waals surface area contributed by atoms with Crippen LogP contribution in [0.4, 0.5) is 0 Å². The molecule has 1 N–H and O–H groups in total. The topological polar surface area (TPSA) is 37.3 Å². The molecular weight excluding hydrogens is 160 g/mol. The van der Waals surface area contributed by atoms with Gasteiger partial charge in [0.25, 0.3) is 0 Å². The van der Waals surface area contributed by atoms with Crippen LogP contribution in [0.15, 0.2) is 0 Å². The SMILES string of the molecule is CCCCC(C)C#CS(=O)O. The van der Waals surface area contributed by atoms with Gasteiger partial charge in [-0.1, -0.05) is 32.6 Å². The Labute approximate surface area is 70.7 Å². The summed E-state index contributed by atoms with van der Waals surface area (Å²) in [6, 6.07) is 0. The Kier molecular flexibility index (Phi) is 6.19. The summed E-state index contributed by atoms with van der Waals surface area (Å²) in [5, 5.41) is 2.23. The Morgan fingerprint density at radius 2 is 2.27 bits per heavy atom. The second-order valence-corrected chi connectivity index (χ2v) is 3.24. The van der Waals surface area contributed by atoms with E-state index in [9.17, 15) is 4.21 Å². The molecule has 0 rings (SSSR count). The molecule has 2 atom stereocenters. The van der Waals surface area contributed by atoms with Crippen molar-refractivity contribution in [2.45, 2.75) is 33.1 Å². The first-order valence-corrected chi connectivity index (χ1v) is 4.89. The summed E-state index contributed by atoms with van der Waals surface area (Å²) in [6.45, 7) is 4.08. The smallest absolute Gasteiger partial charge is 0.233 e. The van der Waals surface area contributed by atoms with Crippen molar-refractivity contribution in [3.8, 4) is 11.2 Å². The average Bonchev–Trinajstić information content (AvgIpc) is 1.97. The third-order valence-electron chi connectivity index (χ3n) is 1.38. The fraction of sp³-hybridized carbons (Fsp3) is 0.750. The Morgan fingerprint density at radius 1 is 1.64 bits per heavy atom. The highest BCUT2D eigenvalue weighted by Crippen LogP contribution is 2.05. The average molecular weight is 174 g/mol. The van der Waals surface area contributed by atoms with Gasteiger partial charge in [0.15, 0.2) is 0 Å². The van der Waals surface area contributed by atoms with Crippen LogP contribution in [-0.4, -0.2) is 8.76 Å². The molecule has 0 radical (unpaired) electrons. The number of hydrogen-bond donors (Lipinski definition) is 1. The van der Waals surface area contributed by atoms with Gasteiger partial charge in [0, 0.05) is 11.2 Å². The van der Waals surface area contributed by atoms with Crippen molar-refractivity contribution < 1.29 is 8.76 Å². The molecule has 0 bridgehead atoms. The lowest BCUT2D eigenvalue weighted by atomic mass is 10.1. The standard InChI is InChI=1S/C8H14O2S/c1-3-4-5-8(2)6-7-11(9)10/h8H,3-5H2,1-2H3,(H,9,10). The van der Waals surface area contributed by atoms with Gasteiger partial charge in [0.05, 0.1) is 0 Å². The van der Waals surface area contributed by atoms with Gasteiger partial charge >= 0.3 is 0 Å². The number of rotatable bonds is 3. The molecule has 0 aliphatic carbocycles. The van der Waals surface area contributed by atoms with Crippen LogP contribution in [0.2, 0.25) is 0 Å². The minimum absolute atomic E-state index is 0.242. The molecule has 0 fully saturated rings. The molecule has 0 amide bonds. The zero-order chi connectivity index (χ0) is 8.69. The van der Waals surface area contributed by atoms with E-state index in [1.54, 1.807) is 0 Å². The summed E-state index contributed by atoms with van der Waals surface area (Å²) >= 11 is -1.95. The molecule has 0 aromatic heterocycles. The van der Waals surface area contributed by atoms with E-state index in [0.29, 0.717) is 0 Å². The third kappa shape index (κ3) is 7.57. The minimum atomic E-state index is -1.95. The van der Waals surface area contributed by atoms with Crippen LogP contribution in [-0.2, 0) is 11.1 Å². The van der Waals surface area contributed by atoms with Gasteiger partial charge in [-0.3, -0.25) is 4.55 Å². The second kappa shape index (κ2) is 6.38. The van der Waals surface area contributed by atoms with Crippen molar-refractivity contribution >= 4 is 11.1 Å². The lowest BCUT2D eigenvalue weighted by Crippen LogP contribution is -1.90. The zero-order valence-corrected chi connectivity index (χ0v) is 7.78. The highest BCUT2D eigenvalue weighted by Gasteiger charge is 1.94. The van der Waals surface area contributed by atoms with Crippen molar-refractivity contribution in [2.24, 2.45) is 5.92 Å². The minimum Gasteiger partial charge on any atom is -0.296 e. The van der Waals surface area contributed by atoms with Crippen LogP contribution < -0.4 is 0 Å². The monoisotopic (exact) mass is 174 g/mol. The van der Waals surface area contributed by atoms with Gasteiger partial charge in [0.2, 0.25) is 11.1 Å². The highest BCUT2D eigenvalue weighted by molar-refractivity contribution is 7.84. The fourth-order valence-corrected chi connectivity index (χ4v) is 1.04. The van der Waals surface area contributed by atoms with Gasteiger partial charge < -0.3 is 0 Å². The lowest BCUT2D eigenvalue weighted by Gasteiger charge is -1.99. The first-order chi connectivity index (χ1) is 5.16. The molecule has 0 saturated heterocycles. The summed E-state index contributed by atoms with van der Waals surface area (Å²) in [5.74, 6) is 2.96. The van der Waals surface area contributed by atoms with Gasteiger partial charge in [-0.05, 0) is 6.42 Å². The summed E-state index contributed by atoms with van der Waals surface area (Å²) in [7, 11) is 0. The molecule has 0 aliphatic rings. The van der Waals surface area contributed by atoms with Crippen molar-refractivity contribution in [2.75, 3.05) is 0 Å². The molecule has 0 heterocycles. The molecule has 11 heavy (non-hydrogen) atoms. The first kappa shape index (κ1) is 10.7. The maximum absolute atomic E-state index is 10.1. The fourth-order valence-electron chi connectivity index (χ4n) is 0.733. The summed E-state index contributed by atoms with van der Waals surface area (Å²) < 4.78 is 18.4.